The van der Waals surface area contributed by atoms with Gasteiger partial charge < -0.3 is 4.74 Å². The SMILES string of the molecule is COc1ccc(C#Cc2ccccc2S[Si](C(C)C)(C(C)C)C(C)C)cc1. The van der Waals surface area contributed by atoms with Crippen LogP contribution in [0.15, 0.2) is 53.4 Å². The van der Waals surface area contributed by atoms with Crippen molar-refractivity contribution in [1.29, 1.82) is 0 Å². The van der Waals surface area contributed by atoms with Gasteiger partial charge in [0.05, 0.1) is 7.11 Å². The summed E-state index contributed by atoms with van der Waals surface area (Å²) >= 11 is 2.14. The first-order chi connectivity index (χ1) is 12.8. The lowest BCUT2D eigenvalue weighted by atomic mass is 10.2. The zero-order valence-electron chi connectivity index (χ0n) is 17.7. The van der Waals surface area contributed by atoms with E-state index in [1.54, 1.807) is 7.11 Å². The van der Waals surface area contributed by atoms with Gasteiger partial charge in [-0.05, 0) is 53.0 Å². The monoisotopic (exact) mass is 396 g/mol. The molecule has 0 spiro atoms. The Hall–Kier alpha value is -1.63. The molecule has 0 bridgehead atoms. The summed E-state index contributed by atoms with van der Waals surface area (Å²) < 4.78 is 5.23. The molecule has 3 heteroatoms. The highest BCUT2D eigenvalue weighted by atomic mass is 32.4. The van der Waals surface area contributed by atoms with E-state index < -0.39 is 7.22 Å². The average molecular weight is 397 g/mol. The minimum atomic E-state index is -1.59. The van der Waals surface area contributed by atoms with Crippen LogP contribution in [0.3, 0.4) is 0 Å². The van der Waals surface area contributed by atoms with Crippen LogP contribution in [0.1, 0.15) is 52.7 Å². The van der Waals surface area contributed by atoms with E-state index in [-0.39, 0.29) is 0 Å². The van der Waals surface area contributed by atoms with Crippen LogP contribution in [0.2, 0.25) is 16.6 Å². The van der Waals surface area contributed by atoms with Crippen LogP contribution in [-0.4, -0.2) is 14.3 Å². The van der Waals surface area contributed by atoms with Gasteiger partial charge in [0.25, 0.3) is 0 Å². The molecule has 0 fully saturated rings. The highest BCUT2D eigenvalue weighted by Crippen LogP contribution is 2.52. The van der Waals surface area contributed by atoms with Crippen molar-refractivity contribution in [2.45, 2.75) is 63.1 Å². The molecule has 2 rings (SSSR count). The van der Waals surface area contributed by atoms with Crippen molar-refractivity contribution in [2.24, 2.45) is 0 Å². The Morgan fingerprint density at radius 1 is 0.778 bits per heavy atom. The van der Waals surface area contributed by atoms with Crippen molar-refractivity contribution in [1.82, 2.24) is 0 Å². The minimum absolute atomic E-state index is 0.713. The fraction of sp³-hybridized carbons (Fsp3) is 0.417. The third-order valence-electron chi connectivity index (χ3n) is 5.31. The largest absolute Gasteiger partial charge is 0.497 e. The molecule has 2 aromatic carbocycles. The highest BCUT2D eigenvalue weighted by Gasteiger charge is 2.44. The normalized spacial score (nSPS) is 11.6. The van der Waals surface area contributed by atoms with E-state index in [2.05, 4.69) is 88.9 Å². The van der Waals surface area contributed by atoms with Gasteiger partial charge in [0.1, 0.15) is 13.0 Å². The van der Waals surface area contributed by atoms with Crippen molar-refractivity contribution in [3.05, 3.63) is 59.7 Å². The van der Waals surface area contributed by atoms with E-state index in [1.165, 1.54) is 4.90 Å². The van der Waals surface area contributed by atoms with Crippen LogP contribution in [-0.2, 0) is 0 Å². The maximum Gasteiger partial charge on any atom is 0.131 e. The van der Waals surface area contributed by atoms with Crippen LogP contribution in [0.25, 0.3) is 0 Å². The van der Waals surface area contributed by atoms with E-state index in [1.807, 2.05) is 24.3 Å². The second kappa shape index (κ2) is 9.53. The van der Waals surface area contributed by atoms with Gasteiger partial charge in [0, 0.05) is 16.0 Å². The number of methoxy groups -OCH3 is 1. The Balaban J connectivity index is 2.39. The Morgan fingerprint density at radius 2 is 1.33 bits per heavy atom. The first-order valence-corrected chi connectivity index (χ1v) is 13.5. The molecule has 0 amide bonds. The molecular formula is C24H32OSSi. The van der Waals surface area contributed by atoms with Crippen molar-refractivity contribution < 1.29 is 4.74 Å². The summed E-state index contributed by atoms with van der Waals surface area (Å²) in [6.45, 7) is 14.4. The van der Waals surface area contributed by atoms with Crippen molar-refractivity contribution >= 4 is 18.4 Å². The van der Waals surface area contributed by atoms with Crippen LogP contribution in [0.5, 0.6) is 5.75 Å². The topological polar surface area (TPSA) is 9.23 Å². The van der Waals surface area contributed by atoms with Gasteiger partial charge in [-0.2, -0.15) is 0 Å². The Labute approximate surface area is 170 Å². The van der Waals surface area contributed by atoms with E-state index in [0.29, 0.717) is 16.6 Å². The van der Waals surface area contributed by atoms with Crippen LogP contribution in [0, 0.1) is 11.8 Å². The summed E-state index contributed by atoms with van der Waals surface area (Å²) in [7, 11) is 0.0949. The summed E-state index contributed by atoms with van der Waals surface area (Å²) in [6, 6.07) is 16.6. The van der Waals surface area contributed by atoms with E-state index in [4.69, 9.17) is 4.74 Å². The summed E-state index contributed by atoms with van der Waals surface area (Å²) in [5.41, 5.74) is 4.29. The van der Waals surface area contributed by atoms with Crippen molar-refractivity contribution in [3.8, 4) is 17.6 Å². The number of hydrogen-bond acceptors (Lipinski definition) is 2. The lowest BCUT2D eigenvalue weighted by Crippen LogP contribution is -2.41. The molecule has 0 radical (unpaired) electrons. The summed E-state index contributed by atoms with van der Waals surface area (Å²) in [5, 5.41) is 0. The zero-order valence-corrected chi connectivity index (χ0v) is 19.5. The van der Waals surface area contributed by atoms with E-state index in [9.17, 15) is 0 Å². The van der Waals surface area contributed by atoms with Gasteiger partial charge in [0.2, 0.25) is 0 Å². The van der Waals surface area contributed by atoms with Gasteiger partial charge >= 0.3 is 0 Å². The molecule has 0 aliphatic carbocycles. The molecule has 0 aliphatic heterocycles. The van der Waals surface area contributed by atoms with E-state index in [0.717, 1.165) is 16.9 Å². The van der Waals surface area contributed by atoms with Crippen LogP contribution < -0.4 is 4.74 Å². The molecule has 0 saturated heterocycles. The smallest absolute Gasteiger partial charge is 0.131 e. The molecule has 0 unspecified atom stereocenters. The number of benzene rings is 2. The lowest BCUT2D eigenvalue weighted by molar-refractivity contribution is 0.415. The van der Waals surface area contributed by atoms with Crippen molar-refractivity contribution in [2.75, 3.05) is 7.11 Å². The molecular weight excluding hydrogens is 364 g/mol. The molecule has 0 N–H and O–H groups in total. The fourth-order valence-corrected chi connectivity index (χ4v) is 13.3. The molecule has 144 valence electrons. The number of hydrogen-bond donors (Lipinski definition) is 0. The predicted molar refractivity (Wildman–Crippen MR) is 122 cm³/mol. The third-order valence-corrected chi connectivity index (χ3v) is 17.6. The predicted octanol–water partition coefficient (Wildman–Crippen LogP) is 7.36. The fourth-order valence-electron chi connectivity index (χ4n) is 4.02. The van der Waals surface area contributed by atoms with Gasteiger partial charge in [-0.3, -0.25) is 0 Å². The standard InChI is InChI=1S/C24H32OSSi/c1-18(2)27(19(3)4,20(5)6)26-24-11-9-8-10-22(24)15-12-21-13-16-23(25-7)17-14-21/h8-11,13-14,16-20H,1-7H3. The Morgan fingerprint density at radius 3 is 1.85 bits per heavy atom. The molecule has 2 aromatic rings. The van der Waals surface area contributed by atoms with Gasteiger partial charge in [-0.1, -0.05) is 65.5 Å². The zero-order chi connectivity index (χ0) is 20.0. The summed E-state index contributed by atoms with van der Waals surface area (Å²) in [4.78, 5) is 1.33. The average Bonchev–Trinajstić information content (AvgIpc) is 2.64. The molecule has 0 aliphatic rings. The summed E-state index contributed by atoms with van der Waals surface area (Å²) in [6.07, 6.45) is 0. The Kier molecular flexibility index (Phi) is 7.65. The number of ether oxygens (including phenoxy) is 1. The van der Waals surface area contributed by atoms with Gasteiger partial charge in [-0.15, -0.1) is 11.2 Å². The molecule has 1 nitrogen and oxygen atoms in total. The van der Waals surface area contributed by atoms with Crippen LogP contribution >= 0.6 is 11.2 Å². The maximum atomic E-state index is 5.23. The molecule has 27 heavy (non-hydrogen) atoms. The quantitative estimate of drug-likeness (QED) is 0.372. The first kappa shape index (κ1) is 21.7. The molecule has 0 saturated carbocycles. The maximum absolute atomic E-state index is 5.23. The van der Waals surface area contributed by atoms with E-state index >= 15 is 0 Å². The molecule has 0 atom stereocenters. The van der Waals surface area contributed by atoms with Gasteiger partial charge in [0.15, 0.2) is 0 Å². The molecule has 0 heterocycles. The highest BCUT2D eigenvalue weighted by molar-refractivity contribution is 8.29. The lowest BCUT2D eigenvalue weighted by Gasteiger charge is -2.42. The summed E-state index contributed by atoms with van der Waals surface area (Å²) in [5.74, 6) is 7.60. The second-order valence-corrected chi connectivity index (χ2v) is 16.4. The third kappa shape index (κ3) is 5.00. The van der Waals surface area contributed by atoms with Crippen molar-refractivity contribution in [3.63, 3.8) is 0 Å². The van der Waals surface area contributed by atoms with Gasteiger partial charge in [-0.25, -0.2) is 0 Å². The minimum Gasteiger partial charge on any atom is -0.497 e. The second-order valence-electron chi connectivity index (χ2n) is 7.89. The van der Waals surface area contributed by atoms with Crippen LogP contribution in [0.4, 0.5) is 0 Å². The number of rotatable bonds is 6. The first-order valence-electron chi connectivity index (χ1n) is 9.75. The molecule has 0 aromatic heterocycles. The Bertz CT molecular complexity index is 775.